The van der Waals surface area contributed by atoms with Gasteiger partial charge in [0.15, 0.2) is 0 Å². The second kappa shape index (κ2) is 9.19. The quantitative estimate of drug-likeness (QED) is 0.309. The highest BCUT2D eigenvalue weighted by atomic mass is 32.1. The number of aromatic amines is 1. The summed E-state index contributed by atoms with van der Waals surface area (Å²) < 4.78 is 1.96. The number of hydrogen-bond acceptors (Lipinski definition) is 5. The number of carbonyl (C=O) groups is 2. The van der Waals surface area contributed by atoms with E-state index in [4.69, 9.17) is 0 Å². The van der Waals surface area contributed by atoms with Crippen LogP contribution in [0.3, 0.4) is 0 Å². The fraction of sp³-hybridized carbons (Fsp3) is 0.154. The summed E-state index contributed by atoms with van der Waals surface area (Å²) in [7, 11) is 0. The van der Waals surface area contributed by atoms with Crippen molar-refractivity contribution in [1.29, 1.82) is 0 Å². The maximum Gasteiger partial charge on any atom is 0.262 e. The van der Waals surface area contributed by atoms with Gasteiger partial charge in [0.05, 0.1) is 22.1 Å². The van der Waals surface area contributed by atoms with E-state index in [-0.39, 0.29) is 11.8 Å². The first-order valence-electron chi connectivity index (χ1n) is 11.1. The average Bonchev–Trinajstić information content (AvgIpc) is 3.59. The lowest BCUT2D eigenvalue weighted by Gasteiger charge is -2.26. The van der Waals surface area contributed by atoms with Crippen LogP contribution >= 0.6 is 11.3 Å². The van der Waals surface area contributed by atoms with Crippen molar-refractivity contribution < 1.29 is 9.59 Å². The van der Waals surface area contributed by atoms with Gasteiger partial charge in [-0.1, -0.05) is 42.5 Å². The number of nitrogens with zero attached hydrogens (tertiary/aromatic N) is 3. The predicted octanol–water partition coefficient (Wildman–Crippen LogP) is 4.79. The minimum Gasteiger partial charge on any atom is -0.342 e. The monoisotopic (exact) mass is 484 g/mol. The molecule has 0 fully saturated rings. The minimum atomic E-state index is -0.535. The van der Waals surface area contributed by atoms with Crippen molar-refractivity contribution in [2.45, 2.75) is 25.9 Å². The summed E-state index contributed by atoms with van der Waals surface area (Å²) in [6, 6.07) is 19.0. The average molecular weight is 485 g/mol. The van der Waals surface area contributed by atoms with Crippen molar-refractivity contribution in [3.8, 4) is 0 Å². The van der Waals surface area contributed by atoms with Crippen molar-refractivity contribution in [2.24, 2.45) is 0 Å². The Labute approximate surface area is 206 Å². The molecule has 9 heteroatoms. The lowest BCUT2D eigenvalue weighted by Crippen LogP contribution is -2.40. The summed E-state index contributed by atoms with van der Waals surface area (Å²) in [5.41, 5.74) is 2.07. The van der Waals surface area contributed by atoms with Gasteiger partial charge in [-0.05, 0) is 43.2 Å². The van der Waals surface area contributed by atoms with Gasteiger partial charge < -0.3 is 15.2 Å². The highest BCUT2D eigenvalue weighted by molar-refractivity contribution is 7.20. The van der Waals surface area contributed by atoms with E-state index in [0.29, 0.717) is 33.0 Å². The first-order valence-corrected chi connectivity index (χ1v) is 11.9. The van der Waals surface area contributed by atoms with E-state index in [1.54, 1.807) is 30.7 Å². The molecule has 3 aromatic heterocycles. The van der Waals surface area contributed by atoms with Crippen LogP contribution in [0.25, 0.3) is 10.2 Å². The van der Waals surface area contributed by atoms with Crippen LogP contribution in [0, 0.1) is 0 Å². The molecule has 0 radical (unpaired) electrons. The van der Waals surface area contributed by atoms with E-state index >= 15 is 0 Å². The minimum absolute atomic E-state index is 0.187. The summed E-state index contributed by atoms with van der Waals surface area (Å²) >= 11 is 1.28. The summed E-state index contributed by atoms with van der Waals surface area (Å²) in [5.74, 6) is 0.0184. The van der Waals surface area contributed by atoms with E-state index in [1.165, 1.54) is 11.3 Å². The van der Waals surface area contributed by atoms with Gasteiger partial charge in [0, 0.05) is 24.5 Å². The SMILES string of the molecule is CC(C)(NC(=O)c1cc2c(NC(=O)c3ccc(Cn4ccnc4)cc3)[nH]nc2s1)c1ccccc1. The molecule has 0 saturated carbocycles. The maximum absolute atomic E-state index is 13.0. The van der Waals surface area contributed by atoms with E-state index in [0.717, 1.165) is 11.1 Å². The zero-order valence-corrected chi connectivity index (χ0v) is 20.1. The highest BCUT2D eigenvalue weighted by Crippen LogP contribution is 2.30. The number of benzene rings is 2. The molecular formula is C26H24N6O2S. The van der Waals surface area contributed by atoms with Crippen LogP contribution < -0.4 is 10.6 Å². The van der Waals surface area contributed by atoms with E-state index < -0.39 is 5.54 Å². The molecule has 2 amide bonds. The summed E-state index contributed by atoms with van der Waals surface area (Å²) in [4.78, 5) is 31.0. The number of anilines is 1. The van der Waals surface area contributed by atoms with Crippen LogP contribution in [0.4, 0.5) is 5.82 Å². The van der Waals surface area contributed by atoms with Crippen molar-refractivity contribution in [2.75, 3.05) is 5.32 Å². The Morgan fingerprint density at radius 3 is 2.54 bits per heavy atom. The number of nitrogens with one attached hydrogen (secondary N) is 3. The lowest BCUT2D eigenvalue weighted by atomic mass is 9.94. The van der Waals surface area contributed by atoms with Crippen LogP contribution in [-0.4, -0.2) is 31.6 Å². The number of aromatic nitrogens is 4. The molecule has 3 N–H and O–H groups in total. The predicted molar refractivity (Wildman–Crippen MR) is 137 cm³/mol. The second-order valence-electron chi connectivity index (χ2n) is 8.76. The van der Waals surface area contributed by atoms with Crippen molar-refractivity contribution in [3.63, 3.8) is 0 Å². The Morgan fingerprint density at radius 1 is 1.06 bits per heavy atom. The van der Waals surface area contributed by atoms with Gasteiger partial charge in [-0.15, -0.1) is 11.3 Å². The fourth-order valence-corrected chi connectivity index (χ4v) is 4.72. The summed E-state index contributed by atoms with van der Waals surface area (Å²) in [6.07, 6.45) is 5.38. The Balaban J connectivity index is 1.28. The molecule has 0 bridgehead atoms. The molecule has 0 aliphatic carbocycles. The van der Waals surface area contributed by atoms with Gasteiger partial charge in [-0.25, -0.2) is 4.98 Å². The first kappa shape index (κ1) is 22.5. The molecule has 35 heavy (non-hydrogen) atoms. The van der Waals surface area contributed by atoms with E-state index in [9.17, 15) is 9.59 Å². The Kier molecular flexibility index (Phi) is 5.92. The third-order valence-electron chi connectivity index (χ3n) is 5.78. The third-order valence-corrected chi connectivity index (χ3v) is 6.80. The standard InChI is InChI=1S/C26H24N6O2S/c1-26(2,19-6-4-3-5-7-19)29-24(34)21-14-20-22(30-31-25(20)35-21)28-23(33)18-10-8-17(9-11-18)15-32-13-12-27-16-32/h3-14,16H,15H2,1-2H3,(H,29,34)(H2,28,30,31,33). The molecule has 5 aromatic rings. The molecule has 0 spiro atoms. The van der Waals surface area contributed by atoms with Crippen LogP contribution in [0.15, 0.2) is 79.4 Å². The molecule has 176 valence electrons. The molecule has 8 nitrogen and oxygen atoms in total. The number of amides is 2. The normalized spacial score (nSPS) is 11.5. The Morgan fingerprint density at radius 2 is 1.83 bits per heavy atom. The first-order chi connectivity index (χ1) is 16.9. The molecule has 0 atom stereocenters. The Hall–Kier alpha value is -4.24. The molecule has 3 heterocycles. The number of carbonyl (C=O) groups excluding carboxylic acids is 2. The molecule has 0 saturated heterocycles. The molecule has 0 unspecified atom stereocenters. The largest absolute Gasteiger partial charge is 0.342 e. The number of rotatable bonds is 7. The van der Waals surface area contributed by atoms with E-state index in [1.807, 2.05) is 67.1 Å². The molecule has 5 rings (SSSR count). The smallest absolute Gasteiger partial charge is 0.262 e. The van der Waals surface area contributed by atoms with Crippen LogP contribution in [0.5, 0.6) is 0 Å². The molecular weight excluding hydrogens is 460 g/mol. The zero-order chi connectivity index (χ0) is 24.4. The van der Waals surface area contributed by atoms with Crippen molar-refractivity contribution >= 4 is 39.2 Å². The van der Waals surface area contributed by atoms with Crippen molar-refractivity contribution in [1.82, 2.24) is 25.1 Å². The number of imidazole rings is 1. The van der Waals surface area contributed by atoms with Crippen LogP contribution in [-0.2, 0) is 12.1 Å². The lowest BCUT2D eigenvalue weighted by molar-refractivity contribution is 0.0915. The summed E-state index contributed by atoms with van der Waals surface area (Å²) in [6.45, 7) is 4.61. The maximum atomic E-state index is 13.0. The fourth-order valence-electron chi connectivity index (χ4n) is 3.83. The van der Waals surface area contributed by atoms with Gasteiger partial charge in [0.25, 0.3) is 11.8 Å². The third kappa shape index (κ3) is 4.85. The van der Waals surface area contributed by atoms with Crippen molar-refractivity contribution in [3.05, 3.63) is 101 Å². The summed E-state index contributed by atoms with van der Waals surface area (Å²) in [5, 5.41) is 13.8. The van der Waals surface area contributed by atoms with Gasteiger partial charge in [-0.3, -0.25) is 14.7 Å². The van der Waals surface area contributed by atoms with Crippen LogP contribution in [0.2, 0.25) is 0 Å². The Bertz CT molecular complexity index is 1470. The van der Waals surface area contributed by atoms with Gasteiger partial charge >= 0.3 is 0 Å². The molecule has 0 aliphatic heterocycles. The van der Waals surface area contributed by atoms with Crippen LogP contribution in [0.1, 0.15) is 45.0 Å². The highest BCUT2D eigenvalue weighted by Gasteiger charge is 2.25. The number of H-pyrrole nitrogens is 1. The zero-order valence-electron chi connectivity index (χ0n) is 19.3. The number of thiophene rings is 1. The molecule has 2 aromatic carbocycles. The van der Waals surface area contributed by atoms with Gasteiger partial charge in [0.2, 0.25) is 0 Å². The second-order valence-corrected chi connectivity index (χ2v) is 9.79. The van der Waals surface area contributed by atoms with E-state index in [2.05, 4.69) is 25.8 Å². The topological polar surface area (TPSA) is 105 Å². The number of fused-ring (bicyclic) bond motifs is 1. The van der Waals surface area contributed by atoms with Gasteiger partial charge in [-0.2, -0.15) is 5.10 Å². The molecule has 0 aliphatic rings. The number of hydrogen-bond donors (Lipinski definition) is 3. The van der Waals surface area contributed by atoms with Gasteiger partial charge in [0.1, 0.15) is 10.6 Å².